The monoisotopic (exact) mass is 268 g/mol. The number of carbonyl (C=O) groups is 1. The lowest BCUT2D eigenvalue weighted by Gasteiger charge is -2.18. The first-order chi connectivity index (χ1) is 9.67. The van der Waals surface area contributed by atoms with Crippen LogP contribution in [-0.2, 0) is 0 Å². The number of anilines is 1. The molecule has 1 aliphatic carbocycles. The minimum absolute atomic E-state index is 0.148. The first kappa shape index (κ1) is 12.6. The van der Waals surface area contributed by atoms with Crippen LogP contribution in [0.1, 0.15) is 23.4 Å². The van der Waals surface area contributed by atoms with E-state index in [0.717, 1.165) is 5.39 Å². The van der Waals surface area contributed by atoms with Gasteiger partial charge < -0.3 is 15.1 Å². The predicted molar refractivity (Wildman–Crippen MR) is 78.1 cm³/mol. The maximum Gasteiger partial charge on any atom is 0.290 e. The van der Waals surface area contributed by atoms with Crippen LogP contribution < -0.4 is 5.73 Å². The molecule has 0 unspecified atom stereocenters. The lowest BCUT2D eigenvalue weighted by atomic mass is 10.2. The standard InChI is InChI=1S/C16H16N2O2/c1-2-7-18(10-11-3-4-11)16(19)15-9-12-8-13(17)5-6-14(12)20-15/h1,5-6,8-9,11H,3-4,7,10,17H2. The largest absolute Gasteiger partial charge is 0.451 e. The zero-order valence-electron chi connectivity index (χ0n) is 11.1. The number of terminal acetylenes is 1. The van der Waals surface area contributed by atoms with E-state index >= 15 is 0 Å². The summed E-state index contributed by atoms with van der Waals surface area (Å²) in [5, 5.41) is 0.834. The second-order valence-corrected chi connectivity index (χ2v) is 5.24. The first-order valence-corrected chi connectivity index (χ1v) is 6.69. The van der Waals surface area contributed by atoms with E-state index in [-0.39, 0.29) is 5.91 Å². The van der Waals surface area contributed by atoms with Gasteiger partial charge in [-0.1, -0.05) is 5.92 Å². The molecule has 2 aromatic rings. The van der Waals surface area contributed by atoms with E-state index in [1.165, 1.54) is 12.8 Å². The molecule has 3 rings (SSSR count). The minimum atomic E-state index is -0.148. The summed E-state index contributed by atoms with van der Waals surface area (Å²) in [5.74, 6) is 3.30. The van der Waals surface area contributed by atoms with Crippen molar-refractivity contribution in [2.75, 3.05) is 18.8 Å². The highest BCUT2D eigenvalue weighted by molar-refractivity contribution is 5.96. The summed E-state index contributed by atoms with van der Waals surface area (Å²) in [6, 6.07) is 7.05. The lowest BCUT2D eigenvalue weighted by molar-refractivity contribution is 0.0740. The SMILES string of the molecule is C#CCN(CC1CC1)C(=O)c1cc2cc(N)ccc2o1. The van der Waals surface area contributed by atoms with Crippen molar-refractivity contribution in [1.29, 1.82) is 0 Å². The van der Waals surface area contributed by atoms with E-state index in [1.54, 1.807) is 29.2 Å². The van der Waals surface area contributed by atoms with Crippen LogP contribution in [0.5, 0.6) is 0 Å². The Bertz CT molecular complexity index is 692. The van der Waals surface area contributed by atoms with Gasteiger partial charge in [0.15, 0.2) is 5.76 Å². The van der Waals surface area contributed by atoms with E-state index in [2.05, 4.69) is 5.92 Å². The van der Waals surface area contributed by atoms with Gasteiger partial charge in [0.25, 0.3) is 5.91 Å². The van der Waals surface area contributed by atoms with Crippen molar-refractivity contribution in [3.8, 4) is 12.3 Å². The van der Waals surface area contributed by atoms with Crippen molar-refractivity contribution in [1.82, 2.24) is 4.90 Å². The molecule has 4 nitrogen and oxygen atoms in total. The zero-order valence-corrected chi connectivity index (χ0v) is 11.1. The molecule has 1 heterocycles. The molecule has 1 aliphatic rings. The first-order valence-electron chi connectivity index (χ1n) is 6.69. The number of fused-ring (bicyclic) bond motifs is 1. The van der Waals surface area contributed by atoms with Crippen LogP contribution >= 0.6 is 0 Å². The van der Waals surface area contributed by atoms with E-state index < -0.39 is 0 Å². The molecule has 0 saturated heterocycles. The Morgan fingerprint density at radius 1 is 1.45 bits per heavy atom. The van der Waals surface area contributed by atoms with E-state index in [0.29, 0.717) is 36.0 Å². The summed E-state index contributed by atoms with van der Waals surface area (Å²) in [4.78, 5) is 14.1. The third-order valence-corrected chi connectivity index (χ3v) is 3.50. The number of furan rings is 1. The van der Waals surface area contributed by atoms with Gasteiger partial charge >= 0.3 is 0 Å². The lowest BCUT2D eigenvalue weighted by Crippen LogP contribution is -2.33. The maximum atomic E-state index is 12.5. The normalized spacial score (nSPS) is 14.2. The van der Waals surface area contributed by atoms with Crippen molar-refractivity contribution in [3.05, 3.63) is 30.0 Å². The van der Waals surface area contributed by atoms with Gasteiger partial charge in [-0.2, -0.15) is 0 Å². The molecule has 4 heteroatoms. The van der Waals surface area contributed by atoms with Gasteiger partial charge in [0.1, 0.15) is 5.58 Å². The molecule has 1 saturated carbocycles. The Morgan fingerprint density at radius 2 is 2.25 bits per heavy atom. The molecule has 102 valence electrons. The third kappa shape index (κ3) is 2.48. The zero-order chi connectivity index (χ0) is 14.1. The average Bonchev–Trinajstić information content (AvgIpc) is 3.14. The van der Waals surface area contributed by atoms with Gasteiger partial charge in [0.05, 0.1) is 6.54 Å². The van der Waals surface area contributed by atoms with E-state index in [1.807, 2.05) is 0 Å². The van der Waals surface area contributed by atoms with E-state index in [9.17, 15) is 4.79 Å². The molecule has 1 aromatic heterocycles. The molecule has 2 N–H and O–H groups in total. The molecule has 0 bridgehead atoms. The number of benzene rings is 1. The molecule has 0 spiro atoms. The average molecular weight is 268 g/mol. The summed E-state index contributed by atoms with van der Waals surface area (Å²) >= 11 is 0. The predicted octanol–water partition coefficient (Wildman–Crippen LogP) is 2.50. The quantitative estimate of drug-likeness (QED) is 0.684. The van der Waals surface area contributed by atoms with Crippen molar-refractivity contribution >= 4 is 22.6 Å². The van der Waals surface area contributed by atoms with Gasteiger partial charge in [-0.15, -0.1) is 6.42 Å². The summed E-state index contributed by atoms with van der Waals surface area (Å²) < 4.78 is 5.60. The number of rotatable bonds is 4. The summed E-state index contributed by atoms with van der Waals surface area (Å²) in [6.45, 7) is 1.02. The topological polar surface area (TPSA) is 59.5 Å². The summed E-state index contributed by atoms with van der Waals surface area (Å²) in [5.41, 5.74) is 7.04. The van der Waals surface area contributed by atoms with Crippen molar-refractivity contribution in [2.45, 2.75) is 12.8 Å². The minimum Gasteiger partial charge on any atom is -0.451 e. The molecule has 1 fully saturated rings. The van der Waals surface area contributed by atoms with Crippen molar-refractivity contribution in [3.63, 3.8) is 0 Å². The van der Waals surface area contributed by atoms with E-state index in [4.69, 9.17) is 16.6 Å². The molecular weight excluding hydrogens is 252 g/mol. The second-order valence-electron chi connectivity index (χ2n) is 5.24. The van der Waals surface area contributed by atoms with Crippen LogP contribution in [0.3, 0.4) is 0 Å². The highest BCUT2D eigenvalue weighted by Crippen LogP contribution is 2.30. The maximum absolute atomic E-state index is 12.5. The van der Waals surface area contributed by atoms with Crippen LogP contribution in [0.2, 0.25) is 0 Å². The second kappa shape index (κ2) is 4.93. The Morgan fingerprint density at radius 3 is 2.95 bits per heavy atom. The molecular formula is C16H16N2O2. The number of hydrogen-bond acceptors (Lipinski definition) is 3. The highest BCUT2D eigenvalue weighted by atomic mass is 16.3. The molecule has 1 amide bonds. The van der Waals surface area contributed by atoms with Gasteiger partial charge in [-0.25, -0.2) is 0 Å². The third-order valence-electron chi connectivity index (χ3n) is 3.50. The highest BCUT2D eigenvalue weighted by Gasteiger charge is 2.28. The molecule has 20 heavy (non-hydrogen) atoms. The number of amides is 1. The Labute approximate surface area is 117 Å². The molecule has 0 atom stereocenters. The number of hydrogen-bond donors (Lipinski definition) is 1. The number of nitrogens with zero attached hydrogens (tertiary/aromatic N) is 1. The fourth-order valence-electron chi connectivity index (χ4n) is 2.26. The van der Waals surface area contributed by atoms with Crippen LogP contribution in [0.4, 0.5) is 5.69 Å². The van der Waals surface area contributed by atoms with Gasteiger partial charge in [0.2, 0.25) is 0 Å². The van der Waals surface area contributed by atoms with Gasteiger partial charge in [-0.3, -0.25) is 4.79 Å². The van der Waals surface area contributed by atoms with Gasteiger partial charge in [-0.05, 0) is 43.0 Å². The van der Waals surface area contributed by atoms with Crippen LogP contribution in [-0.4, -0.2) is 23.9 Å². The fourth-order valence-corrected chi connectivity index (χ4v) is 2.26. The van der Waals surface area contributed by atoms with Crippen LogP contribution in [0, 0.1) is 18.3 Å². The molecule has 0 radical (unpaired) electrons. The van der Waals surface area contributed by atoms with Crippen molar-refractivity contribution in [2.24, 2.45) is 5.92 Å². The smallest absolute Gasteiger partial charge is 0.290 e. The number of nitrogens with two attached hydrogens (primary N) is 1. The van der Waals surface area contributed by atoms with Crippen LogP contribution in [0.15, 0.2) is 28.7 Å². The Balaban J connectivity index is 1.87. The summed E-state index contributed by atoms with van der Waals surface area (Å²) in [6.07, 6.45) is 7.69. The molecule has 0 aliphatic heterocycles. The number of carbonyl (C=O) groups excluding carboxylic acids is 1. The fraction of sp³-hybridized carbons (Fsp3) is 0.312. The Hall–Kier alpha value is -2.41. The summed E-state index contributed by atoms with van der Waals surface area (Å²) in [7, 11) is 0. The van der Waals surface area contributed by atoms with Crippen molar-refractivity contribution < 1.29 is 9.21 Å². The molecule has 1 aromatic carbocycles. The Kier molecular flexibility index (Phi) is 3.11. The van der Waals surface area contributed by atoms with Gasteiger partial charge in [0, 0.05) is 17.6 Å². The number of nitrogen functional groups attached to an aromatic ring is 1. The van der Waals surface area contributed by atoms with Crippen LogP contribution in [0.25, 0.3) is 11.0 Å².